The number of amides is 2. The van der Waals surface area contributed by atoms with E-state index in [-0.39, 0.29) is 0 Å². The Balaban J connectivity index is 1.20. The van der Waals surface area contributed by atoms with Crippen LogP contribution in [0.3, 0.4) is 0 Å². The van der Waals surface area contributed by atoms with Crippen LogP contribution in [-0.2, 0) is 28.7 Å². The lowest BCUT2D eigenvalue weighted by molar-refractivity contribution is -0.144. The van der Waals surface area contributed by atoms with Gasteiger partial charge in [0.1, 0.15) is 0 Å². The van der Waals surface area contributed by atoms with Crippen molar-refractivity contribution in [1.29, 1.82) is 0 Å². The van der Waals surface area contributed by atoms with Gasteiger partial charge in [-0.3, -0.25) is 9.59 Å². The van der Waals surface area contributed by atoms with E-state index in [0.29, 0.717) is 11.4 Å². The van der Waals surface area contributed by atoms with Crippen molar-refractivity contribution in [3.63, 3.8) is 0 Å². The van der Waals surface area contributed by atoms with Crippen LogP contribution in [0.25, 0.3) is 21.5 Å². The van der Waals surface area contributed by atoms with Gasteiger partial charge >= 0.3 is 11.9 Å². The molecule has 0 fully saturated rings. The smallest absolute Gasteiger partial charge is 0.331 e. The SMILES string of the molecule is O=C(COC(=O)C=CC(=O)OCC(=O)Nc1cccc2ccccc12)Nc1cccc2ccccc12. The van der Waals surface area contributed by atoms with E-state index in [1.165, 1.54) is 0 Å². The zero-order chi connectivity index (χ0) is 25.3. The van der Waals surface area contributed by atoms with Crippen molar-refractivity contribution < 1.29 is 28.7 Å². The molecule has 0 bridgehead atoms. The van der Waals surface area contributed by atoms with E-state index in [4.69, 9.17) is 9.47 Å². The molecule has 4 rings (SSSR count). The van der Waals surface area contributed by atoms with Crippen molar-refractivity contribution in [1.82, 2.24) is 0 Å². The first kappa shape index (κ1) is 24.2. The maximum Gasteiger partial charge on any atom is 0.331 e. The quantitative estimate of drug-likeness (QED) is 0.288. The second-order valence-corrected chi connectivity index (χ2v) is 7.70. The molecule has 180 valence electrons. The molecule has 0 aliphatic carbocycles. The van der Waals surface area contributed by atoms with E-state index in [1.807, 2.05) is 60.7 Å². The second-order valence-electron chi connectivity index (χ2n) is 7.70. The highest BCUT2D eigenvalue weighted by Gasteiger charge is 2.10. The van der Waals surface area contributed by atoms with Gasteiger partial charge in [-0.2, -0.15) is 0 Å². The Morgan fingerprint density at radius 3 is 1.39 bits per heavy atom. The number of carbonyl (C=O) groups is 4. The summed E-state index contributed by atoms with van der Waals surface area (Å²) < 4.78 is 9.72. The largest absolute Gasteiger partial charge is 0.452 e. The summed E-state index contributed by atoms with van der Waals surface area (Å²) in [4.78, 5) is 48.0. The Kier molecular flexibility index (Phi) is 7.67. The van der Waals surface area contributed by atoms with Crippen LogP contribution in [0.5, 0.6) is 0 Å². The molecule has 0 radical (unpaired) electrons. The van der Waals surface area contributed by atoms with Gasteiger partial charge in [0.05, 0.1) is 0 Å². The average Bonchev–Trinajstić information content (AvgIpc) is 2.90. The lowest BCUT2D eigenvalue weighted by atomic mass is 10.1. The molecule has 0 atom stereocenters. The van der Waals surface area contributed by atoms with Gasteiger partial charge < -0.3 is 20.1 Å². The Labute approximate surface area is 206 Å². The van der Waals surface area contributed by atoms with Crippen LogP contribution in [0, 0.1) is 0 Å². The molecule has 2 N–H and O–H groups in total. The van der Waals surface area contributed by atoms with Crippen LogP contribution in [0.1, 0.15) is 0 Å². The molecule has 8 heteroatoms. The fourth-order valence-corrected chi connectivity index (χ4v) is 3.55. The van der Waals surface area contributed by atoms with Gasteiger partial charge in [-0.15, -0.1) is 0 Å². The maximum atomic E-state index is 12.2. The zero-order valence-corrected chi connectivity index (χ0v) is 19.1. The molecule has 2 amide bonds. The summed E-state index contributed by atoms with van der Waals surface area (Å²) >= 11 is 0. The first-order chi connectivity index (χ1) is 17.5. The number of fused-ring (bicyclic) bond motifs is 2. The van der Waals surface area contributed by atoms with E-state index in [9.17, 15) is 19.2 Å². The summed E-state index contributed by atoms with van der Waals surface area (Å²) in [7, 11) is 0. The van der Waals surface area contributed by atoms with Crippen LogP contribution in [-0.4, -0.2) is 37.0 Å². The molecule has 0 saturated heterocycles. The molecule has 0 aliphatic heterocycles. The number of hydrogen-bond donors (Lipinski definition) is 2. The third-order valence-electron chi connectivity index (χ3n) is 5.17. The molecule has 0 spiro atoms. The van der Waals surface area contributed by atoms with Gasteiger partial charge in [0.2, 0.25) is 0 Å². The minimum absolute atomic E-state index is 0.527. The van der Waals surface area contributed by atoms with E-state index in [2.05, 4.69) is 10.6 Å². The summed E-state index contributed by atoms with van der Waals surface area (Å²) in [5.74, 6) is -2.86. The summed E-state index contributed by atoms with van der Waals surface area (Å²) in [6.07, 6.45) is 1.66. The Morgan fingerprint density at radius 2 is 0.944 bits per heavy atom. The third kappa shape index (κ3) is 6.32. The van der Waals surface area contributed by atoms with Gasteiger partial charge in [0.25, 0.3) is 11.8 Å². The lowest BCUT2D eigenvalue weighted by Crippen LogP contribution is -2.21. The van der Waals surface area contributed by atoms with Crippen molar-refractivity contribution >= 4 is 56.7 Å². The molecule has 36 heavy (non-hydrogen) atoms. The monoisotopic (exact) mass is 482 g/mol. The van der Waals surface area contributed by atoms with E-state index in [1.54, 1.807) is 24.3 Å². The number of benzene rings is 4. The normalized spacial score (nSPS) is 10.8. The fourth-order valence-electron chi connectivity index (χ4n) is 3.55. The van der Waals surface area contributed by atoms with Gasteiger partial charge in [-0.1, -0.05) is 72.8 Å². The van der Waals surface area contributed by atoms with Crippen molar-refractivity contribution in [2.75, 3.05) is 23.8 Å². The topological polar surface area (TPSA) is 111 Å². The highest BCUT2D eigenvalue weighted by Crippen LogP contribution is 2.23. The summed E-state index contributed by atoms with van der Waals surface area (Å²) in [6.45, 7) is -1.07. The minimum atomic E-state index is -0.903. The first-order valence-electron chi connectivity index (χ1n) is 11.1. The molecule has 0 aromatic heterocycles. The molecule has 4 aromatic carbocycles. The Morgan fingerprint density at radius 1 is 0.556 bits per heavy atom. The van der Waals surface area contributed by atoms with Crippen LogP contribution >= 0.6 is 0 Å². The van der Waals surface area contributed by atoms with Crippen molar-refractivity contribution in [2.24, 2.45) is 0 Å². The average molecular weight is 482 g/mol. The van der Waals surface area contributed by atoms with Crippen molar-refractivity contribution in [2.45, 2.75) is 0 Å². The molecule has 0 unspecified atom stereocenters. The summed E-state index contributed by atoms with van der Waals surface area (Å²) in [6, 6.07) is 26.0. The third-order valence-corrected chi connectivity index (χ3v) is 5.17. The van der Waals surface area contributed by atoms with Crippen molar-refractivity contribution in [3.05, 3.63) is 97.1 Å². The number of anilines is 2. The number of ether oxygens (including phenoxy) is 2. The highest BCUT2D eigenvalue weighted by molar-refractivity contribution is 6.04. The summed E-state index contributed by atoms with van der Waals surface area (Å²) in [5, 5.41) is 9.01. The van der Waals surface area contributed by atoms with E-state index < -0.39 is 37.0 Å². The van der Waals surface area contributed by atoms with Gasteiger partial charge in [-0.05, 0) is 22.9 Å². The van der Waals surface area contributed by atoms with Gasteiger partial charge in [0, 0.05) is 34.3 Å². The number of nitrogens with one attached hydrogen (secondary N) is 2. The Bertz CT molecular complexity index is 1360. The van der Waals surface area contributed by atoms with Crippen LogP contribution in [0.4, 0.5) is 11.4 Å². The lowest BCUT2D eigenvalue weighted by Gasteiger charge is -2.09. The number of carbonyl (C=O) groups excluding carboxylic acids is 4. The van der Waals surface area contributed by atoms with Crippen LogP contribution in [0.2, 0.25) is 0 Å². The molecule has 0 heterocycles. The second kappa shape index (κ2) is 11.4. The highest BCUT2D eigenvalue weighted by atomic mass is 16.5. The minimum Gasteiger partial charge on any atom is -0.452 e. The number of esters is 2. The maximum absolute atomic E-state index is 12.2. The zero-order valence-electron chi connectivity index (χ0n) is 19.1. The molecule has 0 saturated carbocycles. The molecular formula is C28H22N2O6. The predicted octanol–water partition coefficient (Wildman–Crippen LogP) is 4.21. The molecule has 4 aromatic rings. The first-order valence-corrected chi connectivity index (χ1v) is 11.1. The van der Waals surface area contributed by atoms with Crippen molar-refractivity contribution in [3.8, 4) is 0 Å². The standard InChI is InChI=1S/C28H22N2O6/c31-25(29-23-13-5-9-19-7-1-3-11-21(19)23)17-35-27(33)15-16-28(34)36-18-26(32)30-24-14-6-10-20-8-2-4-12-22(20)24/h1-16H,17-18H2,(H,29,31)(H,30,32). The van der Waals surface area contributed by atoms with E-state index >= 15 is 0 Å². The van der Waals surface area contributed by atoms with Crippen LogP contribution in [0.15, 0.2) is 97.1 Å². The fraction of sp³-hybridized carbons (Fsp3) is 0.0714. The molecule has 8 nitrogen and oxygen atoms in total. The number of rotatable bonds is 8. The van der Waals surface area contributed by atoms with Gasteiger partial charge in [-0.25, -0.2) is 9.59 Å². The number of hydrogen-bond acceptors (Lipinski definition) is 6. The van der Waals surface area contributed by atoms with Crippen LogP contribution < -0.4 is 10.6 Å². The summed E-state index contributed by atoms with van der Waals surface area (Å²) in [5.41, 5.74) is 1.19. The molecular weight excluding hydrogens is 460 g/mol. The predicted molar refractivity (Wildman–Crippen MR) is 136 cm³/mol. The molecule has 0 aliphatic rings. The Hall–Kier alpha value is -4.98. The van der Waals surface area contributed by atoms with Gasteiger partial charge in [0.15, 0.2) is 13.2 Å². The van der Waals surface area contributed by atoms with E-state index in [0.717, 1.165) is 33.7 Å².